The molecular weight excluding hydrogens is 795 g/mol. The molecule has 3 aromatic heterocycles. The fourth-order valence-corrected chi connectivity index (χ4v) is 7.88. The molecule has 44 heavy (non-hydrogen) atoms. The molecule has 0 amide bonds. The number of pyridine rings is 2. The van der Waals surface area contributed by atoms with Crippen LogP contribution in [0.4, 0.5) is 0 Å². The third-order valence-corrected chi connectivity index (χ3v) is 12.4. The first-order valence-corrected chi connectivity index (χ1v) is 22.4. The van der Waals surface area contributed by atoms with Gasteiger partial charge in [0.2, 0.25) is 0 Å². The average Bonchev–Trinajstić information content (AvgIpc) is 3.50. The molecule has 0 atom stereocenters. The number of nitrogens with zero attached hydrogens (tertiary/aromatic N) is 3. The summed E-state index contributed by atoms with van der Waals surface area (Å²) in [7, 11) is 0. The molecule has 3 nitrogen and oxygen atoms in total. The van der Waals surface area contributed by atoms with E-state index >= 15 is 0 Å². The van der Waals surface area contributed by atoms with Gasteiger partial charge in [-0.25, -0.2) is 0 Å². The molecule has 0 spiro atoms. The Morgan fingerprint density at radius 2 is 1.34 bits per heavy atom. The third-order valence-electron chi connectivity index (χ3n) is 7.08. The normalized spacial score (nSPS) is 10.9. The molecule has 0 aliphatic rings. The zero-order chi connectivity index (χ0) is 29.6. The molecule has 0 fully saturated rings. The number of aromatic nitrogens is 3. The van der Waals surface area contributed by atoms with E-state index in [0.717, 1.165) is 54.4 Å². The van der Waals surface area contributed by atoms with Gasteiger partial charge in [0.1, 0.15) is 0 Å². The first kappa shape index (κ1) is 31.7. The van der Waals surface area contributed by atoms with Crippen LogP contribution in [0.1, 0.15) is 0 Å². The number of thiazole rings is 1. The Balaban J connectivity index is 0.000000248. The average molecular weight is 827 g/mol. The predicted molar refractivity (Wildman–Crippen MR) is 184 cm³/mol. The first-order valence-electron chi connectivity index (χ1n) is 14.3. The van der Waals surface area contributed by atoms with E-state index in [0.29, 0.717) is 0 Å². The van der Waals surface area contributed by atoms with Gasteiger partial charge in [0.15, 0.2) is 0 Å². The van der Waals surface area contributed by atoms with Crippen LogP contribution in [0.2, 0.25) is 17.3 Å². The second-order valence-electron chi connectivity index (χ2n) is 11.2. The standard InChI is InChI=1S/C27H23GeN2S.C11H8N.Ir/c1-28(2,3)22-14-15-24(29-18-22)21-16-23(19-10-6-4-7-11-19)26-25(17-21)31-27(30-26)20-12-8-5-9-13-20;1-2-6-10(7-3-1)11-8-4-5-9-12-11;/h4-16,18H,1-3H3;1-6,8-9H;/q2*-1;. The summed E-state index contributed by atoms with van der Waals surface area (Å²) in [5.74, 6) is 7.18. The maximum atomic E-state index is 5.01. The Morgan fingerprint density at radius 1 is 0.659 bits per heavy atom. The summed E-state index contributed by atoms with van der Waals surface area (Å²) < 4.78 is 2.48. The van der Waals surface area contributed by atoms with Crippen molar-refractivity contribution < 1.29 is 20.1 Å². The smallest absolute Gasteiger partial charge is 0.0160 e. The van der Waals surface area contributed by atoms with Crippen molar-refractivity contribution in [1.29, 1.82) is 0 Å². The molecule has 1 radical (unpaired) electrons. The van der Waals surface area contributed by atoms with Crippen molar-refractivity contribution in [2.45, 2.75) is 17.3 Å². The van der Waals surface area contributed by atoms with Gasteiger partial charge in [-0.2, -0.15) is 0 Å². The fourth-order valence-electron chi connectivity index (χ4n) is 4.71. The minimum Gasteiger partial charge on any atom is -0.305 e. The van der Waals surface area contributed by atoms with Crippen LogP contribution in [0, 0.1) is 12.1 Å². The van der Waals surface area contributed by atoms with E-state index in [-0.39, 0.29) is 20.1 Å². The molecule has 6 heteroatoms. The molecule has 0 bridgehead atoms. The van der Waals surface area contributed by atoms with Crippen molar-refractivity contribution in [3.05, 3.63) is 146 Å². The summed E-state index contributed by atoms with van der Waals surface area (Å²) in [5.41, 5.74) is 8.41. The van der Waals surface area contributed by atoms with Crippen LogP contribution in [0.5, 0.6) is 0 Å². The van der Waals surface area contributed by atoms with E-state index < -0.39 is 13.3 Å². The van der Waals surface area contributed by atoms with Gasteiger partial charge in [0.25, 0.3) is 0 Å². The number of rotatable bonds is 5. The van der Waals surface area contributed by atoms with E-state index in [1.54, 1.807) is 17.5 Å². The predicted octanol–water partition coefficient (Wildman–Crippen LogP) is 9.58. The van der Waals surface area contributed by atoms with Gasteiger partial charge < -0.3 is 4.98 Å². The van der Waals surface area contributed by atoms with Crippen LogP contribution in [0.15, 0.2) is 134 Å². The van der Waals surface area contributed by atoms with Crippen molar-refractivity contribution in [3.8, 4) is 44.2 Å². The Bertz CT molecular complexity index is 1880. The molecular formula is C38H31GeIrN3S-2. The molecule has 219 valence electrons. The molecule has 0 N–H and O–H groups in total. The molecule has 7 aromatic rings. The Morgan fingerprint density at radius 3 is 1.95 bits per heavy atom. The van der Waals surface area contributed by atoms with E-state index in [4.69, 9.17) is 9.97 Å². The topological polar surface area (TPSA) is 38.7 Å². The molecule has 0 saturated carbocycles. The summed E-state index contributed by atoms with van der Waals surface area (Å²) in [6.07, 6.45) is 3.85. The minimum atomic E-state index is -1.89. The summed E-state index contributed by atoms with van der Waals surface area (Å²) >= 11 is -0.200. The molecule has 0 aliphatic heterocycles. The molecule has 7 rings (SSSR count). The maximum absolute atomic E-state index is 5.01. The summed E-state index contributed by atoms with van der Waals surface area (Å²) in [6, 6.07) is 47.9. The maximum Gasteiger partial charge on any atom is 0.0160 e. The Kier molecular flexibility index (Phi) is 10.3. The van der Waals surface area contributed by atoms with Crippen molar-refractivity contribution in [2.24, 2.45) is 0 Å². The second kappa shape index (κ2) is 14.4. The van der Waals surface area contributed by atoms with Gasteiger partial charge in [0, 0.05) is 26.3 Å². The van der Waals surface area contributed by atoms with Gasteiger partial charge in [-0.1, -0.05) is 18.2 Å². The fraction of sp³-hybridized carbons (Fsp3) is 0.0789. The zero-order valence-corrected chi connectivity index (χ0v) is 30.1. The summed E-state index contributed by atoms with van der Waals surface area (Å²) in [4.78, 5) is 14.1. The first-order chi connectivity index (χ1) is 21.0. The van der Waals surface area contributed by atoms with Crippen LogP contribution in [0.25, 0.3) is 54.4 Å². The quantitative estimate of drug-likeness (QED) is 0.128. The van der Waals surface area contributed by atoms with Crippen LogP contribution in [-0.2, 0) is 20.1 Å². The monoisotopic (exact) mass is 828 g/mol. The van der Waals surface area contributed by atoms with Crippen LogP contribution in [-0.4, -0.2) is 28.2 Å². The van der Waals surface area contributed by atoms with Crippen molar-refractivity contribution >= 4 is 39.2 Å². The zero-order valence-electron chi connectivity index (χ0n) is 24.8. The van der Waals surface area contributed by atoms with Crippen molar-refractivity contribution in [1.82, 2.24) is 15.0 Å². The summed E-state index contributed by atoms with van der Waals surface area (Å²) in [5, 5.41) is 1.02. The molecule has 0 aliphatic carbocycles. The SMILES string of the molecule is [CH3][Ge]([CH3])([CH3])[c]1ccc(-c2[c-]c3sc(-c4ccccc4)nc3c(-c3ccccc3)c2)nc1.[Ir].[c-]1ccccc1-c1ccccn1. The van der Waals surface area contributed by atoms with Crippen LogP contribution in [0.3, 0.4) is 0 Å². The van der Waals surface area contributed by atoms with Gasteiger partial charge in [-0.05, 0) is 11.8 Å². The molecule has 3 heterocycles. The van der Waals surface area contributed by atoms with Gasteiger partial charge in [0.05, 0.1) is 0 Å². The minimum absolute atomic E-state index is 0. The van der Waals surface area contributed by atoms with Crippen molar-refractivity contribution in [3.63, 3.8) is 0 Å². The molecule has 0 unspecified atom stereocenters. The third kappa shape index (κ3) is 7.48. The number of benzene rings is 4. The van der Waals surface area contributed by atoms with Crippen LogP contribution >= 0.6 is 11.3 Å². The van der Waals surface area contributed by atoms with Gasteiger partial charge in [-0.15, -0.1) is 35.9 Å². The van der Waals surface area contributed by atoms with E-state index in [9.17, 15) is 0 Å². The molecule has 4 aromatic carbocycles. The number of hydrogen-bond donors (Lipinski definition) is 0. The molecule has 0 saturated heterocycles. The largest absolute Gasteiger partial charge is 0.305 e. The summed E-state index contributed by atoms with van der Waals surface area (Å²) in [6.45, 7) is 0. The second-order valence-corrected chi connectivity index (χ2v) is 22.9. The van der Waals surface area contributed by atoms with E-state index in [2.05, 4.69) is 107 Å². The van der Waals surface area contributed by atoms with E-state index in [1.807, 2.05) is 54.6 Å². The Hall–Kier alpha value is -3.74. The van der Waals surface area contributed by atoms with E-state index in [1.165, 1.54) is 4.40 Å². The van der Waals surface area contributed by atoms with Gasteiger partial charge in [-0.3, -0.25) is 0 Å². The van der Waals surface area contributed by atoms with Crippen LogP contribution < -0.4 is 4.40 Å². The van der Waals surface area contributed by atoms with Gasteiger partial charge >= 0.3 is 184 Å². The number of hydrogen-bond acceptors (Lipinski definition) is 4. The number of fused-ring (bicyclic) bond motifs is 1. The van der Waals surface area contributed by atoms with Crippen molar-refractivity contribution in [2.75, 3.05) is 0 Å². The Labute approximate surface area is 279 Å².